The van der Waals surface area contributed by atoms with Gasteiger partial charge in [-0.2, -0.15) is 9.78 Å². The maximum Gasteiger partial charge on any atom is 0.288 e. The van der Waals surface area contributed by atoms with Crippen LogP contribution < -0.4 is 20.3 Å². The summed E-state index contributed by atoms with van der Waals surface area (Å²) in [6.45, 7) is 0. The largest absolute Gasteiger partial charge is 0.493 e. The summed E-state index contributed by atoms with van der Waals surface area (Å²) in [6.07, 6.45) is 1.54. The van der Waals surface area contributed by atoms with E-state index in [1.54, 1.807) is 43.4 Å². The van der Waals surface area contributed by atoms with Crippen LogP contribution in [-0.4, -0.2) is 44.6 Å². The highest BCUT2D eigenvalue weighted by atomic mass is 16.5. The number of anilines is 2. The van der Waals surface area contributed by atoms with Crippen LogP contribution in [0.3, 0.4) is 0 Å². The van der Waals surface area contributed by atoms with Crippen LogP contribution in [-0.2, 0) is 0 Å². The summed E-state index contributed by atoms with van der Waals surface area (Å²) in [5, 5.41) is 21.6. The summed E-state index contributed by atoms with van der Waals surface area (Å²) in [5.74, 6) is 1.95. The van der Waals surface area contributed by atoms with Crippen molar-refractivity contribution in [2.45, 2.75) is 6.04 Å². The molecule has 1 aliphatic rings. The van der Waals surface area contributed by atoms with E-state index in [4.69, 9.17) is 13.9 Å². The predicted octanol–water partition coefficient (Wildman–Crippen LogP) is 1.73. The summed E-state index contributed by atoms with van der Waals surface area (Å²) in [6, 6.07) is 8.43. The first-order valence-corrected chi connectivity index (χ1v) is 8.64. The van der Waals surface area contributed by atoms with Crippen LogP contribution in [0.1, 0.15) is 17.2 Å². The van der Waals surface area contributed by atoms with Crippen LogP contribution in [0, 0.1) is 0 Å². The van der Waals surface area contributed by atoms with E-state index in [9.17, 15) is 4.79 Å². The molecule has 2 N–H and O–H groups in total. The molecule has 0 bridgehead atoms. The molecule has 5 rings (SSSR count). The number of nitrogens with one attached hydrogen (secondary N) is 2. The normalized spacial score (nSPS) is 14.6. The lowest BCUT2D eigenvalue weighted by molar-refractivity contribution is 0.354. The second-order valence-corrected chi connectivity index (χ2v) is 6.26. The number of ether oxygens (including phenoxy) is 2. The number of aromatic amines is 1. The Labute approximate surface area is 163 Å². The molecule has 0 aliphatic carbocycles. The molecule has 29 heavy (non-hydrogen) atoms. The van der Waals surface area contributed by atoms with E-state index >= 15 is 0 Å². The molecule has 1 aliphatic heterocycles. The molecule has 0 spiro atoms. The van der Waals surface area contributed by atoms with E-state index in [0.717, 1.165) is 5.56 Å². The number of tetrazole rings is 1. The number of aromatic nitrogens is 6. The third-order valence-corrected chi connectivity index (χ3v) is 4.75. The first-order valence-electron chi connectivity index (χ1n) is 8.64. The number of hydrogen-bond donors (Lipinski definition) is 2. The second kappa shape index (κ2) is 6.48. The van der Waals surface area contributed by atoms with Crippen molar-refractivity contribution in [3.63, 3.8) is 0 Å². The van der Waals surface area contributed by atoms with E-state index in [2.05, 4.69) is 31.0 Å². The molecule has 0 saturated heterocycles. The van der Waals surface area contributed by atoms with Gasteiger partial charge in [-0.3, -0.25) is 4.79 Å². The molecule has 1 unspecified atom stereocenters. The van der Waals surface area contributed by atoms with Gasteiger partial charge in [0.2, 0.25) is 5.95 Å². The molecule has 4 heterocycles. The van der Waals surface area contributed by atoms with E-state index < -0.39 is 11.6 Å². The van der Waals surface area contributed by atoms with Crippen molar-refractivity contribution in [2.24, 2.45) is 0 Å². The second-order valence-electron chi connectivity index (χ2n) is 6.26. The molecule has 11 nitrogen and oxygen atoms in total. The Morgan fingerprint density at radius 2 is 2.03 bits per heavy atom. The molecule has 4 aromatic rings. The summed E-state index contributed by atoms with van der Waals surface area (Å²) in [7, 11) is 3.12. The van der Waals surface area contributed by atoms with Gasteiger partial charge in [0.25, 0.3) is 5.56 Å². The van der Waals surface area contributed by atoms with Crippen molar-refractivity contribution < 1.29 is 13.9 Å². The number of benzene rings is 1. The molecule has 146 valence electrons. The average molecular weight is 393 g/mol. The monoisotopic (exact) mass is 393 g/mol. The highest BCUT2D eigenvalue weighted by Crippen LogP contribution is 2.42. The molecule has 0 fully saturated rings. The van der Waals surface area contributed by atoms with Gasteiger partial charge in [0.1, 0.15) is 17.4 Å². The number of nitrogens with zero attached hydrogens (tertiary/aromatic N) is 5. The van der Waals surface area contributed by atoms with Crippen LogP contribution in [0.25, 0.3) is 11.5 Å². The lowest BCUT2D eigenvalue weighted by Gasteiger charge is -2.27. The Bertz CT molecular complexity index is 1250. The zero-order valence-corrected chi connectivity index (χ0v) is 15.4. The van der Waals surface area contributed by atoms with Gasteiger partial charge in [0.05, 0.1) is 20.5 Å². The van der Waals surface area contributed by atoms with Crippen LogP contribution >= 0.6 is 0 Å². The van der Waals surface area contributed by atoms with Crippen molar-refractivity contribution in [1.29, 1.82) is 0 Å². The number of rotatable bonds is 4. The molecule has 3 aromatic heterocycles. The molecule has 1 aromatic carbocycles. The summed E-state index contributed by atoms with van der Waals surface area (Å²) >= 11 is 0. The molecular formula is C18H15N7O4. The van der Waals surface area contributed by atoms with Crippen LogP contribution in [0.15, 0.2) is 45.8 Å². The Hall–Kier alpha value is -4.15. The van der Waals surface area contributed by atoms with Crippen molar-refractivity contribution in [1.82, 2.24) is 30.4 Å². The summed E-state index contributed by atoms with van der Waals surface area (Å²) in [4.78, 5) is 12.6. The molecule has 11 heteroatoms. The molecular weight excluding hydrogens is 378 g/mol. The van der Waals surface area contributed by atoms with Gasteiger partial charge in [-0.1, -0.05) is 11.2 Å². The van der Waals surface area contributed by atoms with E-state index in [-0.39, 0.29) is 0 Å². The minimum atomic E-state index is -0.550. The highest BCUT2D eigenvalue weighted by Gasteiger charge is 2.35. The smallest absolute Gasteiger partial charge is 0.288 e. The first kappa shape index (κ1) is 17.0. The summed E-state index contributed by atoms with van der Waals surface area (Å²) in [5.41, 5.74) is 1.73. The topological polar surface area (TPSA) is 133 Å². The maximum absolute atomic E-state index is 12.6. The fourth-order valence-corrected chi connectivity index (χ4v) is 3.47. The number of H-pyrrole nitrogens is 1. The maximum atomic E-state index is 12.6. The Kier molecular flexibility index (Phi) is 3.79. The van der Waals surface area contributed by atoms with E-state index in [1.165, 1.54) is 0 Å². The van der Waals surface area contributed by atoms with Gasteiger partial charge >= 0.3 is 0 Å². The Balaban J connectivity index is 1.80. The van der Waals surface area contributed by atoms with Crippen LogP contribution in [0.5, 0.6) is 11.5 Å². The first-order chi connectivity index (χ1) is 14.2. The van der Waals surface area contributed by atoms with Gasteiger partial charge in [-0.15, -0.1) is 0 Å². The third kappa shape index (κ3) is 2.55. The fourth-order valence-electron chi connectivity index (χ4n) is 3.47. The van der Waals surface area contributed by atoms with Gasteiger partial charge in [-0.25, -0.2) is 5.10 Å². The quantitative estimate of drug-likeness (QED) is 0.468. The third-order valence-electron chi connectivity index (χ3n) is 4.75. The van der Waals surface area contributed by atoms with E-state index in [1.807, 2.05) is 12.1 Å². The zero-order valence-electron chi connectivity index (χ0n) is 15.4. The molecule has 0 amide bonds. The van der Waals surface area contributed by atoms with E-state index in [0.29, 0.717) is 40.2 Å². The molecule has 1 atom stereocenters. The number of hydrogen-bond acceptors (Lipinski definition) is 9. The fraction of sp³-hybridized carbons (Fsp3) is 0.167. The summed E-state index contributed by atoms with van der Waals surface area (Å²) < 4.78 is 17.9. The van der Waals surface area contributed by atoms with Crippen molar-refractivity contribution in [2.75, 3.05) is 19.5 Å². The van der Waals surface area contributed by atoms with Crippen LogP contribution in [0.2, 0.25) is 0 Å². The molecule has 0 radical (unpaired) electrons. The van der Waals surface area contributed by atoms with Crippen molar-refractivity contribution in [3.8, 4) is 23.0 Å². The number of fused-ring (bicyclic) bond motifs is 2. The lowest BCUT2D eigenvalue weighted by atomic mass is 9.94. The average Bonchev–Trinajstić information content (AvgIpc) is 3.44. The lowest BCUT2D eigenvalue weighted by Crippen LogP contribution is -2.29. The highest BCUT2D eigenvalue weighted by molar-refractivity contribution is 5.73. The minimum Gasteiger partial charge on any atom is -0.493 e. The van der Waals surface area contributed by atoms with Gasteiger partial charge < -0.3 is 19.2 Å². The zero-order chi connectivity index (χ0) is 20.0. The minimum absolute atomic E-state index is 0.300. The SMILES string of the molecule is COc1ccc(C2c3c(-c4ccco4)n[nH]c(=O)c3Nc3nnnn32)cc1OC. The Morgan fingerprint density at radius 3 is 2.79 bits per heavy atom. The van der Waals surface area contributed by atoms with Crippen LogP contribution in [0.4, 0.5) is 11.6 Å². The van der Waals surface area contributed by atoms with Crippen molar-refractivity contribution >= 4 is 11.6 Å². The van der Waals surface area contributed by atoms with Gasteiger partial charge in [0.15, 0.2) is 17.3 Å². The predicted molar refractivity (Wildman–Crippen MR) is 100 cm³/mol. The Morgan fingerprint density at radius 1 is 1.17 bits per heavy atom. The standard InChI is InChI=1S/C18H15N7O4/c1-27-10-6-5-9(8-12(10)28-2)16-13-14(11-4-3-7-29-11)20-21-17(26)15(13)19-18-22-23-24-25(16)18/h3-8,16H,1-2H3,(H,21,26)(H,19,22,24). The van der Waals surface area contributed by atoms with Gasteiger partial charge in [0, 0.05) is 5.56 Å². The van der Waals surface area contributed by atoms with Gasteiger partial charge in [-0.05, 0) is 40.3 Å². The molecule has 0 saturated carbocycles. The number of methoxy groups -OCH3 is 2. The van der Waals surface area contributed by atoms with Crippen molar-refractivity contribution in [3.05, 3.63) is 58.1 Å². The number of furan rings is 1.